The molecule has 0 radical (unpaired) electrons. The van der Waals surface area contributed by atoms with Crippen molar-refractivity contribution in [2.75, 3.05) is 20.1 Å². The second kappa shape index (κ2) is 9.05. The minimum absolute atomic E-state index is 0.0519. The molecule has 1 fully saturated rings. The van der Waals surface area contributed by atoms with E-state index >= 15 is 0 Å². The Hall–Kier alpha value is -2.94. The summed E-state index contributed by atoms with van der Waals surface area (Å²) < 4.78 is 38.8. The number of nitro benzene ring substituents is 1. The second-order valence-electron chi connectivity index (χ2n) is 7.89. The summed E-state index contributed by atoms with van der Waals surface area (Å²) in [4.78, 5) is 27.0. The van der Waals surface area contributed by atoms with Gasteiger partial charge in [-0.15, -0.1) is 0 Å². The molecule has 1 saturated heterocycles. The number of amides is 1. The van der Waals surface area contributed by atoms with E-state index in [4.69, 9.17) is 0 Å². The number of piperidine rings is 1. The fourth-order valence-electron chi connectivity index (χ4n) is 3.94. The highest BCUT2D eigenvalue weighted by atomic mass is 19.4. The van der Waals surface area contributed by atoms with Crippen molar-refractivity contribution >= 4 is 11.6 Å². The normalized spacial score (nSPS) is 15.4. The number of carbonyl (C=O) groups is 1. The van der Waals surface area contributed by atoms with Gasteiger partial charge in [0.05, 0.1) is 10.5 Å². The van der Waals surface area contributed by atoms with Gasteiger partial charge in [0.15, 0.2) is 0 Å². The predicted octanol–water partition coefficient (Wildman–Crippen LogP) is 4.66. The van der Waals surface area contributed by atoms with Crippen molar-refractivity contribution in [3.8, 4) is 0 Å². The van der Waals surface area contributed by atoms with Crippen molar-refractivity contribution in [2.45, 2.75) is 38.5 Å². The first-order valence-electron chi connectivity index (χ1n) is 9.97. The second-order valence-corrected chi connectivity index (χ2v) is 7.89. The SMILES string of the molecule is Cc1cc([N+](=O)[O-])ccc1C(=O)N1CCC(N(C)Cc2cccc(C(F)(F)F)c2)CC1. The van der Waals surface area contributed by atoms with Gasteiger partial charge in [0.1, 0.15) is 0 Å². The molecule has 1 aliphatic rings. The molecule has 0 spiro atoms. The molecule has 0 saturated carbocycles. The number of likely N-dealkylation sites (tertiary alicyclic amines) is 1. The zero-order valence-corrected chi connectivity index (χ0v) is 17.4. The Morgan fingerprint density at radius 2 is 1.87 bits per heavy atom. The molecule has 0 atom stereocenters. The first kappa shape index (κ1) is 22.7. The van der Waals surface area contributed by atoms with Gasteiger partial charge in [-0.2, -0.15) is 13.2 Å². The molecule has 0 unspecified atom stereocenters. The minimum atomic E-state index is -4.36. The molecule has 0 N–H and O–H groups in total. The van der Waals surface area contributed by atoms with Gasteiger partial charge in [0, 0.05) is 43.4 Å². The molecule has 1 aliphatic heterocycles. The van der Waals surface area contributed by atoms with Crippen LogP contribution in [0.2, 0.25) is 0 Å². The number of carbonyl (C=O) groups excluding carboxylic acids is 1. The largest absolute Gasteiger partial charge is 0.416 e. The number of nitro groups is 1. The first-order chi connectivity index (χ1) is 14.6. The fraction of sp³-hybridized carbons (Fsp3) is 0.409. The van der Waals surface area contributed by atoms with Crippen molar-refractivity contribution in [3.63, 3.8) is 0 Å². The van der Waals surface area contributed by atoms with E-state index in [-0.39, 0.29) is 17.6 Å². The molecule has 0 bridgehead atoms. The molecule has 9 heteroatoms. The maximum Gasteiger partial charge on any atom is 0.416 e. The third-order valence-electron chi connectivity index (χ3n) is 5.71. The van der Waals surface area contributed by atoms with Gasteiger partial charge < -0.3 is 4.90 Å². The van der Waals surface area contributed by atoms with Crippen molar-refractivity contribution in [1.29, 1.82) is 0 Å². The van der Waals surface area contributed by atoms with Crippen LogP contribution >= 0.6 is 0 Å². The molecule has 31 heavy (non-hydrogen) atoms. The highest BCUT2D eigenvalue weighted by Gasteiger charge is 2.31. The van der Waals surface area contributed by atoms with Gasteiger partial charge in [-0.1, -0.05) is 18.2 Å². The number of hydrogen-bond acceptors (Lipinski definition) is 4. The summed E-state index contributed by atoms with van der Waals surface area (Å²) in [6.45, 7) is 3.11. The lowest BCUT2D eigenvalue weighted by molar-refractivity contribution is -0.384. The van der Waals surface area contributed by atoms with Crippen LogP contribution < -0.4 is 0 Å². The van der Waals surface area contributed by atoms with Gasteiger partial charge in [-0.3, -0.25) is 19.8 Å². The Labute approximate surface area is 178 Å². The number of nitrogens with zero attached hydrogens (tertiary/aromatic N) is 3. The molecule has 0 aliphatic carbocycles. The average molecular weight is 435 g/mol. The van der Waals surface area contributed by atoms with Crippen LogP contribution in [0.3, 0.4) is 0 Å². The Kier molecular flexibility index (Phi) is 6.64. The zero-order valence-electron chi connectivity index (χ0n) is 17.4. The zero-order chi connectivity index (χ0) is 22.8. The first-order valence-corrected chi connectivity index (χ1v) is 9.97. The van der Waals surface area contributed by atoms with Gasteiger partial charge in [-0.25, -0.2) is 0 Å². The van der Waals surface area contributed by atoms with Crippen molar-refractivity contribution in [1.82, 2.24) is 9.80 Å². The molecule has 1 heterocycles. The quantitative estimate of drug-likeness (QED) is 0.506. The number of halogens is 3. The van der Waals surface area contributed by atoms with E-state index in [1.165, 1.54) is 30.3 Å². The Balaban J connectivity index is 1.59. The molecular weight excluding hydrogens is 411 g/mol. The molecule has 3 rings (SSSR count). The average Bonchev–Trinajstić information content (AvgIpc) is 2.73. The lowest BCUT2D eigenvalue weighted by atomic mass is 10.0. The van der Waals surface area contributed by atoms with Crippen molar-refractivity contribution in [3.05, 3.63) is 74.8 Å². The molecule has 166 valence electrons. The monoisotopic (exact) mass is 435 g/mol. The van der Waals surface area contributed by atoms with E-state index in [0.717, 1.165) is 6.07 Å². The number of non-ortho nitro benzene ring substituents is 1. The van der Waals surface area contributed by atoms with E-state index in [0.29, 0.717) is 49.2 Å². The van der Waals surface area contributed by atoms with Crippen LogP contribution in [-0.2, 0) is 12.7 Å². The fourth-order valence-corrected chi connectivity index (χ4v) is 3.94. The van der Waals surface area contributed by atoms with Crippen molar-refractivity contribution in [2.24, 2.45) is 0 Å². The van der Waals surface area contributed by atoms with Gasteiger partial charge in [-0.05, 0) is 50.1 Å². The summed E-state index contributed by atoms with van der Waals surface area (Å²) in [6.07, 6.45) is -2.96. The topological polar surface area (TPSA) is 66.7 Å². The summed E-state index contributed by atoms with van der Waals surface area (Å²) >= 11 is 0. The van der Waals surface area contributed by atoms with Crippen LogP contribution in [0.4, 0.5) is 18.9 Å². The predicted molar refractivity (Wildman–Crippen MR) is 110 cm³/mol. The molecule has 0 aromatic heterocycles. The molecule has 6 nitrogen and oxygen atoms in total. The third kappa shape index (κ3) is 5.41. The number of hydrogen-bond donors (Lipinski definition) is 0. The van der Waals surface area contributed by atoms with Crippen LogP contribution in [0.15, 0.2) is 42.5 Å². The highest BCUT2D eigenvalue weighted by Crippen LogP contribution is 2.30. The van der Waals surface area contributed by atoms with E-state index in [9.17, 15) is 28.1 Å². The summed E-state index contributed by atoms with van der Waals surface area (Å²) in [7, 11) is 1.88. The van der Waals surface area contributed by atoms with Crippen LogP contribution in [0.25, 0.3) is 0 Å². The van der Waals surface area contributed by atoms with Gasteiger partial charge in [0.25, 0.3) is 11.6 Å². The van der Waals surface area contributed by atoms with Crippen LogP contribution in [0, 0.1) is 17.0 Å². The van der Waals surface area contributed by atoms with E-state index in [2.05, 4.69) is 0 Å². The lowest BCUT2D eigenvalue weighted by Crippen LogP contribution is -2.45. The standard InChI is InChI=1S/C22H24F3N3O3/c1-15-12-19(28(30)31)6-7-20(15)21(29)27-10-8-18(9-11-27)26(2)14-16-4-3-5-17(13-16)22(23,24)25/h3-7,12-13,18H,8-11,14H2,1-2H3. The molecular formula is C22H24F3N3O3. The summed E-state index contributed by atoms with van der Waals surface area (Å²) in [6, 6.07) is 9.69. The molecule has 2 aromatic rings. The van der Waals surface area contributed by atoms with Crippen molar-refractivity contribution < 1.29 is 22.9 Å². The van der Waals surface area contributed by atoms with E-state index < -0.39 is 16.7 Å². The third-order valence-corrected chi connectivity index (χ3v) is 5.71. The molecule has 2 aromatic carbocycles. The smallest absolute Gasteiger partial charge is 0.339 e. The Morgan fingerprint density at radius 3 is 2.45 bits per heavy atom. The van der Waals surface area contributed by atoms with Crippen LogP contribution in [0.5, 0.6) is 0 Å². The summed E-state index contributed by atoms with van der Waals surface area (Å²) in [5, 5.41) is 10.9. The molecule has 1 amide bonds. The van der Waals surface area contributed by atoms with E-state index in [1.54, 1.807) is 17.9 Å². The Morgan fingerprint density at radius 1 is 1.19 bits per heavy atom. The minimum Gasteiger partial charge on any atom is -0.339 e. The summed E-state index contributed by atoms with van der Waals surface area (Å²) in [5.41, 5.74) is 0.892. The maximum atomic E-state index is 12.9. The van der Waals surface area contributed by atoms with Gasteiger partial charge >= 0.3 is 6.18 Å². The summed E-state index contributed by atoms with van der Waals surface area (Å²) in [5.74, 6) is -0.161. The maximum absolute atomic E-state index is 12.9. The van der Waals surface area contributed by atoms with Gasteiger partial charge in [0.2, 0.25) is 0 Å². The lowest BCUT2D eigenvalue weighted by Gasteiger charge is -2.37. The number of alkyl halides is 3. The van der Waals surface area contributed by atoms with E-state index in [1.807, 2.05) is 11.9 Å². The van der Waals surface area contributed by atoms with Crippen LogP contribution in [0.1, 0.15) is 39.9 Å². The number of rotatable bonds is 5. The van der Waals surface area contributed by atoms with Crippen LogP contribution in [-0.4, -0.2) is 46.8 Å². The highest BCUT2D eigenvalue weighted by molar-refractivity contribution is 5.96. The number of benzene rings is 2. The number of aryl methyl sites for hydroxylation is 1. The Bertz CT molecular complexity index is 970.